The summed E-state index contributed by atoms with van der Waals surface area (Å²) in [6.45, 7) is 1.81. The Bertz CT molecular complexity index is 861. The molecule has 2 aromatic heterocycles. The second kappa shape index (κ2) is 5.12. The number of hydrogen-bond donors (Lipinski definition) is 3. The van der Waals surface area contributed by atoms with Crippen LogP contribution in [-0.2, 0) is 0 Å². The third-order valence-corrected chi connectivity index (χ3v) is 3.67. The number of pyridine rings is 1. The summed E-state index contributed by atoms with van der Waals surface area (Å²) in [5.41, 5.74) is 9.12. The molecular formula is C15H14N4O3. The summed E-state index contributed by atoms with van der Waals surface area (Å²) >= 11 is 0. The third-order valence-electron chi connectivity index (χ3n) is 3.67. The van der Waals surface area contributed by atoms with Crippen LogP contribution in [0.3, 0.4) is 0 Å². The first-order chi connectivity index (χ1) is 10.5. The maximum Gasteiger partial charge on any atom is 0.335 e. The van der Waals surface area contributed by atoms with Gasteiger partial charge in [-0.05, 0) is 24.6 Å². The lowest BCUT2D eigenvalue weighted by Gasteiger charge is -2.17. The van der Waals surface area contributed by atoms with Crippen LogP contribution < -0.4 is 5.73 Å². The van der Waals surface area contributed by atoms with Gasteiger partial charge in [0, 0.05) is 18.0 Å². The zero-order valence-electron chi connectivity index (χ0n) is 11.8. The first-order valence-electron chi connectivity index (χ1n) is 6.60. The van der Waals surface area contributed by atoms with Gasteiger partial charge in [0.15, 0.2) is 0 Å². The van der Waals surface area contributed by atoms with Gasteiger partial charge in [0.25, 0.3) is 0 Å². The van der Waals surface area contributed by atoms with E-state index in [1.165, 1.54) is 12.1 Å². The fraction of sp³-hybridized carbons (Fsp3) is 0.133. The molecule has 0 spiro atoms. The van der Waals surface area contributed by atoms with Crippen LogP contribution >= 0.6 is 0 Å². The van der Waals surface area contributed by atoms with Crippen LogP contribution in [-0.4, -0.2) is 37.4 Å². The average Bonchev–Trinajstić information content (AvgIpc) is 2.90. The Balaban J connectivity index is 2.13. The number of aromatic carboxylic acids is 1. The van der Waals surface area contributed by atoms with Crippen LogP contribution in [0.2, 0.25) is 0 Å². The number of rotatable bonds is 2. The van der Waals surface area contributed by atoms with Crippen molar-refractivity contribution in [1.29, 1.82) is 0 Å². The van der Waals surface area contributed by atoms with Crippen molar-refractivity contribution in [3.8, 4) is 0 Å². The number of imidazole rings is 1. The number of carbonyl (C=O) groups is 1. The maximum absolute atomic E-state index is 11.0. The topological polar surface area (TPSA) is 113 Å². The summed E-state index contributed by atoms with van der Waals surface area (Å²) in [5, 5.41) is 21.4. The Kier molecular flexibility index (Phi) is 3.26. The van der Waals surface area contributed by atoms with E-state index in [4.69, 9.17) is 16.0 Å². The van der Waals surface area contributed by atoms with Gasteiger partial charge in [-0.15, -0.1) is 0 Å². The van der Waals surface area contributed by atoms with Crippen LogP contribution in [0.1, 0.15) is 23.0 Å². The lowest BCUT2D eigenvalue weighted by Crippen LogP contribution is -2.31. The second-order valence-electron chi connectivity index (χ2n) is 5.02. The van der Waals surface area contributed by atoms with E-state index in [9.17, 15) is 4.79 Å². The number of carboxylic acids is 1. The summed E-state index contributed by atoms with van der Waals surface area (Å²) in [5.74, 6) is -0.999. The van der Waals surface area contributed by atoms with Gasteiger partial charge in [-0.3, -0.25) is 0 Å². The fourth-order valence-corrected chi connectivity index (χ4v) is 2.47. The largest absolute Gasteiger partial charge is 0.478 e. The van der Waals surface area contributed by atoms with E-state index >= 15 is 0 Å². The molecule has 0 aliphatic heterocycles. The number of fused-ring (bicyclic) bond motifs is 1. The SMILES string of the molecule is CC1=C(c2cn3ccc(C(=O)O)cc3n2)C=CC(N)C1=NO. The highest BCUT2D eigenvalue weighted by molar-refractivity contribution is 6.12. The van der Waals surface area contributed by atoms with Crippen molar-refractivity contribution in [2.75, 3.05) is 0 Å². The quantitative estimate of drug-likeness (QED) is 0.575. The van der Waals surface area contributed by atoms with Gasteiger partial charge in [-0.1, -0.05) is 17.3 Å². The molecule has 0 fully saturated rings. The second-order valence-corrected chi connectivity index (χ2v) is 5.02. The van der Waals surface area contributed by atoms with Gasteiger partial charge in [-0.25, -0.2) is 9.78 Å². The minimum Gasteiger partial charge on any atom is -0.478 e. The molecule has 7 nitrogen and oxygen atoms in total. The van der Waals surface area contributed by atoms with Crippen molar-refractivity contribution < 1.29 is 15.1 Å². The molecule has 0 aromatic carbocycles. The van der Waals surface area contributed by atoms with Gasteiger partial charge >= 0.3 is 5.97 Å². The Labute approximate surface area is 125 Å². The molecule has 0 saturated carbocycles. The predicted octanol–water partition coefficient (Wildman–Crippen LogP) is 1.53. The average molecular weight is 298 g/mol. The van der Waals surface area contributed by atoms with Crippen molar-refractivity contribution in [2.24, 2.45) is 10.9 Å². The van der Waals surface area contributed by atoms with Gasteiger partial charge < -0.3 is 20.4 Å². The Morgan fingerprint density at radius 3 is 2.95 bits per heavy atom. The van der Waals surface area contributed by atoms with Crippen LogP contribution in [0.15, 0.2) is 47.4 Å². The number of allylic oxidation sites excluding steroid dienone is 2. The van der Waals surface area contributed by atoms with Gasteiger partial charge in [0.2, 0.25) is 0 Å². The van der Waals surface area contributed by atoms with Crippen molar-refractivity contribution >= 4 is 22.9 Å². The number of oxime groups is 1. The summed E-state index contributed by atoms with van der Waals surface area (Å²) in [6.07, 6.45) is 6.99. The number of nitrogens with two attached hydrogens (primary N) is 1. The zero-order valence-corrected chi connectivity index (χ0v) is 11.8. The smallest absolute Gasteiger partial charge is 0.335 e. The highest BCUT2D eigenvalue weighted by atomic mass is 16.4. The van der Waals surface area contributed by atoms with E-state index < -0.39 is 12.0 Å². The molecule has 2 aromatic rings. The van der Waals surface area contributed by atoms with Crippen LogP contribution in [0.25, 0.3) is 11.2 Å². The normalized spacial score (nSPS) is 20.1. The molecule has 0 amide bonds. The molecule has 1 unspecified atom stereocenters. The Morgan fingerprint density at radius 1 is 1.50 bits per heavy atom. The van der Waals surface area contributed by atoms with Crippen LogP contribution in [0.4, 0.5) is 0 Å². The summed E-state index contributed by atoms with van der Waals surface area (Å²) in [7, 11) is 0. The summed E-state index contributed by atoms with van der Waals surface area (Å²) < 4.78 is 1.74. The molecule has 7 heteroatoms. The van der Waals surface area contributed by atoms with Crippen molar-refractivity contribution in [3.05, 3.63) is 53.5 Å². The maximum atomic E-state index is 11.0. The number of carboxylic acid groups (broad SMARTS) is 1. The molecule has 1 aliphatic rings. The Hall–Kier alpha value is -2.93. The van der Waals surface area contributed by atoms with Crippen molar-refractivity contribution in [2.45, 2.75) is 13.0 Å². The number of hydrogen-bond acceptors (Lipinski definition) is 5. The van der Waals surface area contributed by atoms with E-state index in [0.29, 0.717) is 17.1 Å². The summed E-state index contributed by atoms with van der Waals surface area (Å²) in [4.78, 5) is 15.4. The number of nitrogens with zero attached hydrogens (tertiary/aromatic N) is 3. The highest BCUT2D eigenvalue weighted by Crippen LogP contribution is 2.25. The molecule has 0 radical (unpaired) electrons. The van der Waals surface area contributed by atoms with Crippen molar-refractivity contribution in [1.82, 2.24) is 9.38 Å². The lowest BCUT2D eigenvalue weighted by molar-refractivity contribution is 0.0697. The fourth-order valence-electron chi connectivity index (χ4n) is 2.47. The zero-order chi connectivity index (χ0) is 15.9. The minimum absolute atomic E-state index is 0.175. The molecule has 3 rings (SSSR count). The van der Waals surface area contributed by atoms with Crippen LogP contribution in [0.5, 0.6) is 0 Å². The first kappa shape index (κ1) is 14.0. The highest BCUT2D eigenvalue weighted by Gasteiger charge is 2.21. The monoisotopic (exact) mass is 298 g/mol. The van der Waals surface area contributed by atoms with Crippen LogP contribution in [0, 0.1) is 0 Å². The standard InChI is InChI=1S/C15H14N4O3/c1-8-10(2-3-11(16)14(8)18-22)12-7-19-5-4-9(15(20)21)6-13(19)17-12/h2-7,11,22H,16H2,1H3,(H,20,21). The molecule has 112 valence electrons. The molecule has 1 aliphatic carbocycles. The molecule has 0 bridgehead atoms. The van der Waals surface area contributed by atoms with Gasteiger partial charge in [0.1, 0.15) is 11.4 Å². The molecule has 4 N–H and O–H groups in total. The van der Waals surface area contributed by atoms with E-state index in [2.05, 4.69) is 10.1 Å². The number of aromatic nitrogens is 2. The molecule has 1 atom stereocenters. The lowest BCUT2D eigenvalue weighted by atomic mass is 9.92. The van der Waals surface area contributed by atoms with Gasteiger partial charge in [0.05, 0.1) is 17.3 Å². The predicted molar refractivity (Wildman–Crippen MR) is 81.1 cm³/mol. The molecule has 2 heterocycles. The van der Waals surface area contributed by atoms with E-state index in [1.54, 1.807) is 29.8 Å². The third kappa shape index (κ3) is 2.17. The summed E-state index contributed by atoms with van der Waals surface area (Å²) in [6, 6.07) is 2.56. The molecule has 0 saturated heterocycles. The van der Waals surface area contributed by atoms with E-state index in [0.717, 1.165) is 11.1 Å². The first-order valence-corrected chi connectivity index (χ1v) is 6.60. The minimum atomic E-state index is -0.999. The van der Waals surface area contributed by atoms with Gasteiger partial charge in [-0.2, -0.15) is 0 Å². The van der Waals surface area contributed by atoms with E-state index in [1.807, 2.05) is 6.08 Å². The molecular weight excluding hydrogens is 284 g/mol. The van der Waals surface area contributed by atoms with E-state index in [-0.39, 0.29) is 5.56 Å². The van der Waals surface area contributed by atoms with Crippen molar-refractivity contribution in [3.63, 3.8) is 0 Å². The Morgan fingerprint density at radius 2 is 2.27 bits per heavy atom. The molecule has 22 heavy (non-hydrogen) atoms.